The average Bonchev–Trinajstić information content (AvgIpc) is 3.64. The molecule has 6 rings (SSSR count). The molecule has 0 radical (unpaired) electrons. The number of aryl methyl sites for hydroxylation is 1. The molecule has 2 amide bonds. The number of nitrogens with one attached hydrogen (secondary N) is 2. The highest BCUT2D eigenvalue weighted by molar-refractivity contribution is 6.22. The topological polar surface area (TPSA) is 92.9 Å². The number of aromatic nitrogens is 1. The van der Waals surface area contributed by atoms with Crippen LogP contribution in [-0.4, -0.2) is 50.7 Å². The van der Waals surface area contributed by atoms with E-state index in [1.54, 1.807) is 33.5 Å². The van der Waals surface area contributed by atoms with Crippen molar-refractivity contribution in [1.29, 1.82) is 0 Å². The number of anilines is 1. The molecule has 8 nitrogen and oxygen atoms in total. The molecule has 0 spiro atoms. The fourth-order valence-corrected chi connectivity index (χ4v) is 6.19. The second-order valence-corrected chi connectivity index (χ2v) is 10.3. The molecule has 206 valence electrons. The van der Waals surface area contributed by atoms with Gasteiger partial charge in [-0.3, -0.25) is 9.59 Å². The van der Waals surface area contributed by atoms with E-state index in [0.717, 1.165) is 46.7 Å². The van der Waals surface area contributed by atoms with E-state index < -0.39 is 6.04 Å². The minimum atomic E-state index is -0.542. The van der Waals surface area contributed by atoms with Crippen LogP contribution in [-0.2, 0) is 22.4 Å². The molecule has 4 aromatic rings. The predicted octanol–water partition coefficient (Wildman–Crippen LogP) is 4.74. The van der Waals surface area contributed by atoms with E-state index in [4.69, 9.17) is 14.2 Å². The first kappa shape index (κ1) is 26.0. The van der Waals surface area contributed by atoms with Gasteiger partial charge in [0.1, 0.15) is 5.75 Å². The number of imide groups is 1. The van der Waals surface area contributed by atoms with Crippen LogP contribution in [0.5, 0.6) is 17.2 Å². The highest BCUT2D eigenvalue weighted by Crippen LogP contribution is 2.45. The number of fused-ring (bicyclic) bond motifs is 2. The Balaban J connectivity index is 1.28. The van der Waals surface area contributed by atoms with Crippen molar-refractivity contribution in [1.82, 2.24) is 10.3 Å². The third-order valence-corrected chi connectivity index (χ3v) is 8.14. The first-order valence-corrected chi connectivity index (χ1v) is 13.6. The number of H-pyrrole nitrogens is 1. The summed E-state index contributed by atoms with van der Waals surface area (Å²) in [5.74, 6) is 2.04. The van der Waals surface area contributed by atoms with Gasteiger partial charge in [0.05, 0.1) is 39.5 Å². The molecule has 2 atom stereocenters. The number of benzene rings is 3. The monoisotopic (exact) mass is 539 g/mol. The Morgan fingerprint density at radius 1 is 0.950 bits per heavy atom. The van der Waals surface area contributed by atoms with Gasteiger partial charge < -0.3 is 24.5 Å². The molecule has 1 aliphatic heterocycles. The van der Waals surface area contributed by atoms with Gasteiger partial charge in [-0.2, -0.15) is 0 Å². The SMILES string of the molecule is COc1ccc2[nH]c([C@@H]3CCc4cc(OC)c(OC)cc43)c(CCN[C@H]3CC(=O)N(c4ccccc4)C3=O)c2c1. The van der Waals surface area contributed by atoms with Crippen molar-refractivity contribution >= 4 is 28.4 Å². The van der Waals surface area contributed by atoms with Gasteiger partial charge in [-0.05, 0) is 78.4 Å². The van der Waals surface area contributed by atoms with Gasteiger partial charge in [0.25, 0.3) is 5.91 Å². The molecule has 1 saturated heterocycles. The molecule has 2 heterocycles. The second-order valence-electron chi connectivity index (χ2n) is 10.3. The molecular weight excluding hydrogens is 506 g/mol. The Morgan fingerprint density at radius 2 is 1.73 bits per heavy atom. The van der Waals surface area contributed by atoms with Gasteiger partial charge in [0.15, 0.2) is 11.5 Å². The lowest BCUT2D eigenvalue weighted by Crippen LogP contribution is -2.39. The zero-order valence-corrected chi connectivity index (χ0v) is 23.0. The predicted molar refractivity (Wildman–Crippen MR) is 154 cm³/mol. The summed E-state index contributed by atoms with van der Waals surface area (Å²) in [6.07, 6.45) is 2.76. The van der Waals surface area contributed by atoms with Gasteiger partial charge in [-0.15, -0.1) is 0 Å². The molecule has 2 N–H and O–H groups in total. The molecule has 0 unspecified atom stereocenters. The largest absolute Gasteiger partial charge is 0.497 e. The maximum atomic E-state index is 13.1. The molecule has 40 heavy (non-hydrogen) atoms. The minimum absolute atomic E-state index is 0.153. The van der Waals surface area contributed by atoms with Gasteiger partial charge in [0.2, 0.25) is 5.91 Å². The van der Waals surface area contributed by atoms with Gasteiger partial charge in [-0.25, -0.2) is 4.90 Å². The van der Waals surface area contributed by atoms with Crippen molar-refractivity contribution in [3.8, 4) is 17.2 Å². The zero-order chi connectivity index (χ0) is 27.8. The summed E-state index contributed by atoms with van der Waals surface area (Å²) in [5.41, 5.74) is 6.50. The second kappa shape index (κ2) is 10.7. The molecule has 0 bridgehead atoms. The number of methoxy groups -OCH3 is 3. The third kappa shape index (κ3) is 4.48. The van der Waals surface area contributed by atoms with Gasteiger partial charge in [-0.1, -0.05) is 18.2 Å². The Bertz CT molecular complexity index is 1580. The fraction of sp³-hybridized carbons (Fsp3) is 0.312. The van der Waals surface area contributed by atoms with Crippen molar-refractivity contribution in [2.75, 3.05) is 32.8 Å². The van der Waals surface area contributed by atoms with Crippen LogP contribution in [0.15, 0.2) is 60.7 Å². The van der Waals surface area contributed by atoms with Crippen molar-refractivity contribution in [2.24, 2.45) is 0 Å². The van der Waals surface area contributed by atoms with Crippen LogP contribution >= 0.6 is 0 Å². The van der Waals surface area contributed by atoms with E-state index in [1.165, 1.54) is 21.6 Å². The van der Waals surface area contributed by atoms with E-state index in [9.17, 15) is 9.59 Å². The maximum absolute atomic E-state index is 13.1. The van der Waals surface area contributed by atoms with Crippen molar-refractivity contribution in [3.05, 3.63) is 83.0 Å². The number of carbonyl (C=O) groups is 2. The number of aromatic amines is 1. The van der Waals surface area contributed by atoms with Crippen LogP contribution in [0.25, 0.3) is 10.9 Å². The number of nitrogens with zero attached hydrogens (tertiary/aromatic N) is 1. The summed E-state index contributed by atoms with van der Waals surface area (Å²) in [6.45, 7) is 0.551. The summed E-state index contributed by atoms with van der Waals surface area (Å²) < 4.78 is 16.7. The molecule has 2 aliphatic rings. The smallest absolute Gasteiger partial charge is 0.251 e. The van der Waals surface area contributed by atoms with Crippen LogP contribution in [0.4, 0.5) is 5.69 Å². The minimum Gasteiger partial charge on any atom is -0.497 e. The lowest BCUT2D eigenvalue weighted by Gasteiger charge is -2.17. The molecule has 8 heteroatoms. The molecule has 1 aliphatic carbocycles. The van der Waals surface area contributed by atoms with E-state index in [2.05, 4.69) is 34.6 Å². The summed E-state index contributed by atoms with van der Waals surface area (Å²) >= 11 is 0. The van der Waals surface area contributed by atoms with Crippen molar-refractivity contribution in [3.63, 3.8) is 0 Å². The van der Waals surface area contributed by atoms with E-state index in [1.807, 2.05) is 24.3 Å². The van der Waals surface area contributed by atoms with Gasteiger partial charge in [0, 0.05) is 29.1 Å². The van der Waals surface area contributed by atoms with E-state index in [0.29, 0.717) is 18.7 Å². The number of amides is 2. The van der Waals surface area contributed by atoms with Crippen LogP contribution < -0.4 is 24.4 Å². The standard InChI is InChI=1S/C32H33N3O5/c1-38-21-10-12-26-25(16-21)23(13-14-33-27-18-30(36)35(32(27)37)20-7-5-4-6-8-20)31(34-26)22-11-9-19-15-28(39-2)29(40-3)17-24(19)22/h4-8,10,12,15-17,22,27,33-34H,9,11,13-14,18H2,1-3H3/t22-,27+/m1/s1. The number of rotatable bonds is 9. The van der Waals surface area contributed by atoms with Crippen LogP contribution in [0.3, 0.4) is 0 Å². The molecular formula is C32H33N3O5. The van der Waals surface area contributed by atoms with E-state index >= 15 is 0 Å². The molecule has 1 fully saturated rings. The Kier molecular flexibility index (Phi) is 6.94. The molecule has 0 saturated carbocycles. The highest BCUT2D eigenvalue weighted by Gasteiger charge is 2.39. The molecule has 1 aromatic heterocycles. The van der Waals surface area contributed by atoms with Gasteiger partial charge >= 0.3 is 0 Å². The lowest BCUT2D eigenvalue weighted by molar-refractivity contribution is -0.121. The third-order valence-electron chi connectivity index (χ3n) is 8.14. The zero-order valence-electron chi connectivity index (χ0n) is 23.0. The number of para-hydroxylation sites is 1. The Morgan fingerprint density at radius 3 is 2.48 bits per heavy atom. The first-order chi connectivity index (χ1) is 19.5. The number of carbonyl (C=O) groups excluding carboxylic acids is 2. The Labute approximate surface area is 233 Å². The van der Waals surface area contributed by atoms with Crippen LogP contribution in [0, 0.1) is 0 Å². The number of hydrogen-bond donors (Lipinski definition) is 2. The quantitative estimate of drug-likeness (QED) is 0.299. The van der Waals surface area contributed by atoms with Crippen LogP contribution in [0.1, 0.15) is 41.1 Å². The number of ether oxygens (including phenoxy) is 3. The van der Waals surface area contributed by atoms with Crippen molar-refractivity contribution < 1.29 is 23.8 Å². The molecule has 3 aromatic carbocycles. The average molecular weight is 540 g/mol. The van der Waals surface area contributed by atoms with Crippen LogP contribution in [0.2, 0.25) is 0 Å². The van der Waals surface area contributed by atoms with Crippen molar-refractivity contribution in [2.45, 2.75) is 37.6 Å². The highest BCUT2D eigenvalue weighted by atomic mass is 16.5. The first-order valence-electron chi connectivity index (χ1n) is 13.6. The summed E-state index contributed by atoms with van der Waals surface area (Å²) in [4.78, 5) is 30.8. The maximum Gasteiger partial charge on any atom is 0.251 e. The summed E-state index contributed by atoms with van der Waals surface area (Å²) in [6, 6.07) is 18.8. The van der Waals surface area contributed by atoms with E-state index in [-0.39, 0.29) is 24.2 Å². The normalized spacial score (nSPS) is 18.4. The Hall–Kier alpha value is -4.30. The summed E-state index contributed by atoms with van der Waals surface area (Å²) in [7, 11) is 4.99. The fourth-order valence-electron chi connectivity index (χ4n) is 6.19. The lowest BCUT2D eigenvalue weighted by atomic mass is 9.92. The summed E-state index contributed by atoms with van der Waals surface area (Å²) in [5, 5.41) is 4.47. The number of hydrogen-bond acceptors (Lipinski definition) is 6.